The molecular weight excluding hydrogens is 288 g/mol. The fourth-order valence-corrected chi connectivity index (χ4v) is 2.22. The number of urea groups is 1. The summed E-state index contributed by atoms with van der Waals surface area (Å²) in [6.45, 7) is 0.313. The van der Waals surface area contributed by atoms with Crippen LogP contribution in [0.15, 0.2) is 42.6 Å². The molecule has 1 aliphatic carbocycles. The maximum absolute atomic E-state index is 13.6. The highest BCUT2D eigenvalue weighted by molar-refractivity contribution is 5.90. The third-order valence-corrected chi connectivity index (χ3v) is 3.50. The van der Waals surface area contributed by atoms with Gasteiger partial charge in [0.25, 0.3) is 0 Å². The van der Waals surface area contributed by atoms with Crippen LogP contribution < -0.4 is 5.32 Å². The predicted octanol–water partition coefficient (Wildman–Crippen LogP) is 3.56. The number of nitrogens with zero attached hydrogens (tertiary/aromatic N) is 2. The molecule has 1 heterocycles. The van der Waals surface area contributed by atoms with Crippen molar-refractivity contribution >= 4 is 11.7 Å². The molecule has 1 N–H and O–H groups in total. The third-order valence-electron chi connectivity index (χ3n) is 3.50. The van der Waals surface area contributed by atoms with Crippen LogP contribution in [0.4, 0.5) is 19.3 Å². The van der Waals surface area contributed by atoms with E-state index < -0.39 is 23.4 Å². The van der Waals surface area contributed by atoms with Gasteiger partial charge in [0.05, 0.1) is 12.2 Å². The van der Waals surface area contributed by atoms with Gasteiger partial charge in [-0.25, -0.2) is 13.6 Å². The zero-order chi connectivity index (χ0) is 15.5. The molecule has 1 aliphatic rings. The van der Waals surface area contributed by atoms with Crippen LogP contribution in [0, 0.1) is 11.6 Å². The normalized spacial score (nSPS) is 13.7. The van der Waals surface area contributed by atoms with Crippen LogP contribution in [-0.4, -0.2) is 22.0 Å². The molecule has 0 atom stereocenters. The molecule has 0 spiro atoms. The van der Waals surface area contributed by atoms with Gasteiger partial charge in [-0.2, -0.15) is 0 Å². The molecule has 114 valence electrons. The fraction of sp³-hybridized carbons (Fsp3) is 0.250. The number of hydrogen-bond acceptors (Lipinski definition) is 2. The Kier molecular flexibility index (Phi) is 4.00. The van der Waals surface area contributed by atoms with Crippen LogP contribution >= 0.6 is 0 Å². The first-order chi connectivity index (χ1) is 10.6. The first-order valence-electron chi connectivity index (χ1n) is 7.06. The van der Waals surface area contributed by atoms with Gasteiger partial charge >= 0.3 is 6.03 Å². The highest BCUT2D eigenvalue weighted by atomic mass is 19.1. The second kappa shape index (κ2) is 6.09. The number of rotatable bonds is 4. The minimum Gasteiger partial charge on any atom is -0.316 e. The quantitative estimate of drug-likeness (QED) is 0.938. The van der Waals surface area contributed by atoms with Crippen molar-refractivity contribution in [2.45, 2.75) is 25.4 Å². The van der Waals surface area contributed by atoms with Crippen molar-refractivity contribution in [3.63, 3.8) is 0 Å². The van der Waals surface area contributed by atoms with Gasteiger partial charge in [0.15, 0.2) is 0 Å². The Morgan fingerprint density at radius 3 is 2.50 bits per heavy atom. The van der Waals surface area contributed by atoms with Gasteiger partial charge in [0.2, 0.25) is 0 Å². The first-order valence-corrected chi connectivity index (χ1v) is 7.06. The monoisotopic (exact) mass is 303 g/mol. The van der Waals surface area contributed by atoms with Crippen molar-refractivity contribution in [2.24, 2.45) is 0 Å². The van der Waals surface area contributed by atoms with Gasteiger partial charge < -0.3 is 10.2 Å². The smallest absolute Gasteiger partial charge is 0.316 e. The van der Waals surface area contributed by atoms with Gasteiger partial charge in [-0.15, -0.1) is 0 Å². The lowest BCUT2D eigenvalue weighted by molar-refractivity contribution is 0.205. The highest BCUT2D eigenvalue weighted by Gasteiger charge is 2.33. The van der Waals surface area contributed by atoms with Gasteiger partial charge in [0, 0.05) is 12.2 Å². The van der Waals surface area contributed by atoms with Crippen LogP contribution in [0.25, 0.3) is 0 Å². The molecule has 0 saturated heterocycles. The minimum absolute atomic E-state index is 0.0943. The van der Waals surface area contributed by atoms with Crippen molar-refractivity contribution in [1.82, 2.24) is 9.88 Å². The molecule has 22 heavy (non-hydrogen) atoms. The van der Waals surface area contributed by atoms with E-state index in [0.717, 1.165) is 30.7 Å². The van der Waals surface area contributed by atoms with Crippen molar-refractivity contribution in [3.8, 4) is 0 Å². The first kappa shape index (κ1) is 14.4. The summed E-state index contributed by atoms with van der Waals surface area (Å²) in [4.78, 5) is 18.1. The topological polar surface area (TPSA) is 45.2 Å². The lowest BCUT2D eigenvalue weighted by Gasteiger charge is -2.22. The second-order valence-corrected chi connectivity index (χ2v) is 5.21. The summed E-state index contributed by atoms with van der Waals surface area (Å²) in [6.07, 6.45) is 3.43. The average molecular weight is 303 g/mol. The van der Waals surface area contributed by atoms with Crippen molar-refractivity contribution in [3.05, 3.63) is 59.9 Å². The zero-order valence-corrected chi connectivity index (χ0v) is 11.8. The average Bonchev–Trinajstić information content (AvgIpc) is 3.34. The van der Waals surface area contributed by atoms with Crippen LogP contribution in [0.2, 0.25) is 0 Å². The summed E-state index contributed by atoms with van der Waals surface area (Å²) in [7, 11) is 0. The Labute approximate surface area is 126 Å². The van der Waals surface area contributed by atoms with E-state index in [1.807, 2.05) is 12.1 Å². The maximum Gasteiger partial charge on any atom is 0.322 e. The molecule has 1 aromatic carbocycles. The van der Waals surface area contributed by atoms with Crippen molar-refractivity contribution in [1.29, 1.82) is 0 Å². The van der Waals surface area contributed by atoms with E-state index in [4.69, 9.17) is 0 Å². The highest BCUT2D eigenvalue weighted by Crippen LogP contribution is 2.29. The van der Waals surface area contributed by atoms with Gasteiger partial charge in [-0.3, -0.25) is 4.98 Å². The molecule has 2 amide bonds. The molecular formula is C16H15F2N3O. The number of aromatic nitrogens is 1. The summed E-state index contributed by atoms with van der Waals surface area (Å²) < 4.78 is 27.3. The largest absolute Gasteiger partial charge is 0.322 e. The Bertz CT molecular complexity index is 654. The molecule has 0 radical (unpaired) electrons. The molecule has 0 aliphatic heterocycles. The summed E-state index contributed by atoms with van der Waals surface area (Å²) in [6, 6.07) is 8.49. The number of para-hydroxylation sites is 1. The minimum atomic E-state index is -0.790. The Balaban J connectivity index is 1.76. The van der Waals surface area contributed by atoms with E-state index >= 15 is 0 Å². The summed E-state index contributed by atoms with van der Waals surface area (Å²) in [5.41, 5.74) is 0.317. The molecule has 1 fully saturated rings. The van der Waals surface area contributed by atoms with Crippen molar-refractivity contribution < 1.29 is 13.6 Å². The number of nitrogens with one attached hydrogen (secondary N) is 1. The van der Waals surface area contributed by atoms with E-state index in [0.29, 0.717) is 6.54 Å². The van der Waals surface area contributed by atoms with Gasteiger partial charge in [-0.1, -0.05) is 12.1 Å². The van der Waals surface area contributed by atoms with Crippen LogP contribution in [-0.2, 0) is 6.54 Å². The number of halogens is 2. The predicted molar refractivity (Wildman–Crippen MR) is 78.2 cm³/mol. The molecule has 2 aromatic rings. The van der Waals surface area contributed by atoms with Gasteiger partial charge in [-0.05, 0) is 37.1 Å². The molecule has 0 unspecified atom stereocenters. The second-order valence-electron chi connectivity index (χ2n) is 5.21. The number of carbonyl (C=O) groups excluding carboxylic acids is 1. The van der Waals surface area contributed by atoms with E-state index in [1.165, 1.54) is 6.07 Å². The Morgan fingerprint density at radius 2 is 1.91 bits per heavy atom. The Morgan fingerprint density at radius 1 is 1.18 bits per heavy atom. The molecule has 6 heteroatoms. The number of pyridine rings is 1. The molecule has 1 aromatic heterocycles. The lowest BCUT2D eigenvalue weighted by Crippen LogP contribution is -2.37. The van der Waals surface area contributed by atoms with Crippen LogP contribution in [0.1, 0.15) is 18.5 Å². The lowest BCUT2D eigenvalue weighted by atomic mass is 10.3. The number of amides is 2. The zero-order valence-electron chi connectivity index (χ0n) is 11.8. The number of anilines is 1. The summed E-state index contributed by atoms with van der Waals surface area (Å²) >= 11 is 0. The fourth-order valence-electron chi connectivity index (χ4n) is 2.22. The Hall–Kier alpha value is -2.50. The maximum atomic E-state index is 13.6. The molecule has 4 nitrogen and oxygen atoms in total. The number of hydrogen-bond donors (Lipinski definition) is 1. The standard InChI is InChI=1S/C16H15F2N3O/c17-13-5-3-6-14(18)15(13)20-16(22)21(12-7-8-12)10-11-4-1-2-9-19-11/h1-6,9,12H,7-8,10H2,(H,20,22). The van der Waals surface area contributed by atoms with E-state index in [9.17, 15) is 13.6 Å². The molecule has 3 rings (SSSR count). The SMILES string of the molecule is O=C(Nc1c(F)cccc1F)N(Cc1ccccn1)C1CC1. The van der Waals surface area contributed by atoms with E-state index in [1.54, 1.807) is 17.2 Å². The van der Waals surface area contributed by atoms with E-state index in [2.05, 4.69) is 10.3 Å². The van der Waals surface area contributed by atoms with E-state index in [-0.39, 0.29) is 6.04 Å². The van der Waals surface area contributed by atoms with Crippen LogP contribution in [0.5, 0.6) is 0 Å². The number of benzene rings is 1. The summed E-state index contributed by atoms with van der Waals surface area (Å²) in [5, 5.41) is 2.33. The number of carbonyl (C=O) groups is 1. The van der Waals surface area contributed by atoms with Gasteiger partial charge in [0.1, 0.15) is 17.3 Å². The van der Waals surface area contributed by atoms with Crippen molar-refractivity contribution in [2.75, 3.05) is 5.32 Å². The molecule has 1 saturated carbocycles. The third kappa shape index (κ3) is 3.21. The van der Waals surface area contributed by atoms with Crippen LogP contribution in [0.3, 0.4) is 0 Å². The summed E-state index contributed by atoms with van der Waals surface area (Å²) in [5.74, 6) is -1.58. The molecule has 0 bridgehead atoms.